The predicted molar refractivity (Wildman–Crippen MR) is 296 cm³/mol. The summed E-state index contributed by atoms with van der Waals surface area (Å²) in [5, 5.41) is 4.09. The van der Waals surface area contributed by atoms with Gasteiger partial charge in [0.1, 0.15) is 0 Å². The molecule has 2 aromatic heterocycles. The molecule has 5 atom stereocenters. The van der Waals surface area contributed by atoms with E-state index in [1.54, 1.807) is 0 Å². The summed E-state index contributed by atoms with van der Waals surface area (Å²) in [7, 11) is 0. The van der Waals surface area contributed by atoms with Crippen molar-refractivity contribution in [3.05, 3.63) is 239 Å². The van der Waals surface area contributed by atoms with Crippen molar-refractivity contribution in [1.29, 1.82) is 0 Å². The molecule has 0 aliphatic heterocycles. The normalized spacial score (nSPS) is 19.9. The first kappa shape index (κ1) is 41.3. The van der Waals surface area contributed by atoms with Gasteiger partial charge in [-0.05, 0) is 176 Å². The number of allylic oxidation sites excluding steroid dienone is 5. The van der Waals surface area contributed by atoms with E-state index < -0.39 is 0 Å². The summed E-state index contributed by atoms with van der Waals surface area (Å²) in [5.41, 5.74) is 27.6. The van der Waals surface area contributed by atoms with Crippen molar-refractivity contribution in [1.82, 2.24) is 9.13 Å². The molecule has 4 aliphatic rings. The van der Waals surface area contributed by atoms with E-state index in [0.29, 0.717) is 17.8 Å². The Bertz CT molecular complexity index is 3860. The Kier molecular flexibility index (Phi) is 9.40. The number of nitrogens with zero attached hydrogens (tertiary/aromatic N) is 2. The first-order valence-electron chi connectivity index (χ1n) is 25.7. The molecule has 2 heterocycles. The SMILES string of the molecule is CC1c2cc3c4c(n(-c5ccccc5)c3c3c2-c2c(cc5c6cc(-c7cccc(-c8ccccc8)c7)ccc6n(-c6ccccc6)c5c2C(C)C3C)C1C)CCC(c1cccc(C2C=CC=CC2)c1)=C4. The van der Waals surface area contributed by atoms with Crippen molar-refractivity contribution in [3.63, 3.8) is 0 Å². The van der Waals surface area contributed by atoms with Crippen LogP contribution in [0.5, 0.6) is 0 Å². The molecule has 338 valence electrons. The van der Waals surface area contributed by atoms with Gasteiger partial charge in [0.2, 0.25) is 0 Å². The van der Waals surface area contributed by atoms with E-state index in [1.807, 2.05) is 0 Å². The van der Waals surface area contributed by atoms with Crippen LogP contribution in [0.1, 0.15) is 115 Å². The van der Waals surface area contributed by atoms with Crippen molar-refractivity contribution in [2.75, 3.05) is 0 Å². The Morgan fingerprint density at radius 1 is 0.443 bits per heavy atom. The van der Waals surface area contributed by atoms with Gasteiger partial charge in [-0.2, -0.15) is 0 Å². The number of hydrogen-bond acceptors (Lipinski definition) is 0. The lowest BCUT2D eigenvalue weighted by molar-refractivity contribution is 0.584. The van der Waals surface area contributed by atoms with Gasteiger partial charge in [0.05, 0.1) is 16.6 Å². The summed E-state index contributed by atoms with van der Waals surface area (Å²) in [6.07, 6.45) is 14.7. The lowest BCUT2D eigenvalue weighted by Crippen LogP contribution is -2.24. The largest absolute Gasteiger partial charge is 0.313 e. The maximum Gasteiger partial charge on any atom is 0.0582 e. The number of para-hydroxylation sites is 2. The molecule has 0 amide bonds. The minimum atomic E-state index is 0.256. The minimum Gasteiger partial charge on any atom is -0.313 e. The lowest BCUT2D eigenvalue weighted by Gasteiger charge is -2.42. The van der Waals surface area contributed by atoms with Crippen molar-refractivity contribution in [2.45, 2.75) is 76.5 Å². The summed E-state index contributed by atoms with van der Waals surface area (Å²) in [5.74, 6) is 1.62. The van der Waals surface area contributed by atoms with Crippen molar-refractivity contribution in [3.8, 4) is 44.8 Å². The third-order valence-corrected chi connectivity index (χ3v) is 17.2. The first-order valence-corrected chi connectivity index (χ1v) is 25.7. The number of aromatic nitrogens is 2. The van der Waals surface area contributed by atoms with E-state index >= 15 is 0 Å². The highest BCUT2D eigenvalue weighted by molar-refractivity contribution is 6.15. The van der Waals surface area contributed by atoms with Gasteiger partial charge >= 0.3 is 0 Å². The Balaban J connectivity index is 1.03. The van der Waals surface area contributed by atoms with Gasteiger partial charge in [0.15, 0.2) is 0 Å². The van der Waals surface area contributed by atoms with Crippen LogP contribution in [0.2, 0.25) is 0 Å². The van der Waals surface area contributed by atoms with Crippen LogP contribution in [0.4, 0.5) is 0 Å². The smallest absolute Gasteiger partial charge is 0.0582 e. The molecule has 5 unspecified atom stereocenters. The van der Waals surface area contributed by atoms with Crippen molar-refractivity contribution >= 4 is 44.4 Å². The van der Waals surface area contributed by atoms with Gasteiger partial charge in [-0.25, -0.2) is 0 Å². The molecule has 2 nitrogen and oxygen atoms in total. The fourth-order valence-electron chi connectivity index (χ4n) is 13.3. The molecule has 0 spiro atoms. The van der Waals surface area contributed by atoms with Gasteiger partial charge in [-0.1, -0.05) is 167 Å². The highest BCUT2D eigenvalue weighted by atomic mass is 15.0. The average Bonchev–Trinajstić information content (AvgIpc) is 3.93. The summed E-state index contributed by atoms with van der Waals surface area (Å²) in [4.78, 5) is 0. The fourth-order valence-corrected chi connectivity index (χ4v) is 13.3. The fraction of sp³-hybridized carbons (Fsp3) is 0.176. The van der Waals surface area contributed by atoms with E-state index in [1.165, 1.54) is 128 Å². The van der Waals surface area contributed by atoms with Crippen LogP contribution in [0.25, 0.3) is 89.1 Å². The van der Waals surface area contributed by atoms with E-state index in [2.05, 4.69) is 237 Å². The topological polar surface area (TPSA) is 9.86 Å². The average molecular weight is 901 g/mol. The summed E-state index contributed by atoms with van der Waals surface area (Å²) < 4.78 is 5.29. The summed E-state index contributed by atoms with van der Waals surface area (Å²) in [6, 6.07) is 64.1. The van der Waals surface area contributed by atoms with E-state index in [0.717, 1.165) is 19.3 Å². The zero-order valence-electron chi connectivity index (χ0n) is 40.5. The zero-order chi connectivity index (χ0) is 46.8. The van der Waals surface area contributed by atoms with Gasteiger partial charge in [-0.15, -0.1) is 0 Å². The Morgan fingerprint density at radius 3 is 1.71 bits per heavy atom. The van der Waals surface area contributed by atoms with Crippen LogP contribution in [0, 0.1) is 0 Å². The quantitative estimate of drug-likeness (QED) is 0.157. The van der Waals surface area contributed by atoms with E-state index in [-0.39, 0.29) is 11.8 Å². The molecule has 0 bridgehead atoms. The van der Waals surface area contributed by atoms with Crippen molar-refractivity contribution < 1.29 is 0 Å². The highest BCUT2D eigenvalue weighted by Crippen LogP contribution is 2.61. The van der Waals surface area contributed by atoms with Gasteiger partial charge in [-0.3, -0.25) is 0 Å². The number of benzene rings is 8. The molecule has 70 heavy (non-hydrogen) atoms. The first-order chi connectivity index (χ1) is 34.4. The van der Waals surface area contributed by atoms with Crippen molar-refractivity contribution in [2.24, 2.45) is 0 Å². The summed E-state index contributed by atoms with van der Waals surface area (Å²) >= 11 is 0. The maximum atomic E-state index is 2.69. The Labute approximate surface area is 411 Å². The molecule has 8 aromatic carbocycles. The number of fused-ring (bicyclic) bond motifs is 8. The lowest BCUT2D eigenvalue weighted by atomic mass is 9.62. The van der Waals surface area contributed by atoms with E-state index in [4.69, 9.17) is 0 Å². The Morgan fingerprint density at radius 2 is 1.03 bits per heavy atom. The molecular weight excluding hydrogens is 845 g/mol. The molecule has 0 saturated heterocycles. The van der Waals surface area contributed by atoms with Crippen LogP contribution in [0.3, 0.4) is 0 Å². The van der Waals surface area contributed by atoms with Crippen LogP contribution < -0.4 is 0 Å². The van der Waals surface area contributed by atoms with Crippen LogP contribution in [-0.4, -0.2) is 9.13 Å². The predicted octanol–water partition coefficient (Wildman–Crippen LogP) is 18.3. The van der Waals surface area contributed by atoms with Gasteiger partial charge in [0, 0.05) is 44.7 Å². The second kappa shape index (κ2) is 15.9. The molecule has 0 N–H and O–H groups in total. The monoisotopic (exact) mass is 900 g/mol. The Hall–Kier alpha value is -7.68. The second-order valence-electron chi connectivity index (χ2n) is 20.8. The molecule has 0 radical (unpaired) electrons. The van der Waals surface area contributed by atoms with Gasteiger partial charge < -0.3 is 9.13 Å². The molecular formula is C68H56N2. The number of hydrogen-bond donors (Lipinski definition) is 0. The number of rotatable bonds is 6. The van der Waals surface area contributed by atoms with Crippen LogP contribution in [0.15, 0.2) is 194 Å². The third-order valence-electron chi connectivity index (χ3n) is 17.2. The van der Waals surface area contributed by atoms with Crippen LogP contribution in [-0.2, 0) is 6.42 Å². The minimum absolute atomic E-state index is 0.256. The molecule has 4 aliphatic carbocycles. The zero-order valence-corrected chi connectivity index (χ0v) is 40.5. The maximum absolute atomic E-state index is 2.69. The molecule has 10 aromatic rings. The standard InChI is InChI=1S/C68H56N2/c1-41-42(2)56-40-60-58-38-52(50-26-18-24-48(36-50)46-21-11-6-12-22-46)32-34-62(58)70(54-29-15-8-16-30-54)68(60)64-44(4)43(3)63-65(66(56)64)55(41)39-59-57-37-51(49-25-17-23-47(35-49)45-19-9-5-10-20-45)31-33-61(57)69(67(59)63)53-27-13-7-14-28-53/h5-21,23-31,33,35-44,46H,22,32,34H2,1-4H3. The highest BCUT2D eigenvalue weighted by Gasteiger charge is 2.43. The van der Waals surface area contributed by atoms with E-state index in [9.17, 15) is 0 Å². The summed E-state index contributed by atoms with van der Waals surface area (Å²) in [6.45, 7) is 10.1. The molecule has 2 heteroatoms. The molecule has 0 saturated carbocycles. The van der Waals surface area contributed by atoms with Gasteiger partial charge in [0.25, 0.3) is 0 Å². The van der Waals surface area contributed by atoms with Crippen LogP contribution >= 0.6 is 0 Å². The second-order valence-corrected chi connectivity index (χ2v) is 20.8. The third kappa shape index (κ3) is 6.11. The molecule has 14 rings (SSSR count). The molecule has 0 fully saturated rings.